The highest BCUT2D eigenvalue weighted by molar-refractivity contribution is 5.79. The van der Waals surface area contributed by atoms with E-state index in [9.17, 15) is 0 Å². The molecule has 1 aromatic carbocycles. The number of nitrogens with one attached hydrogen (secondary N) is 2. The molecule has 156 valence electrons. The molecule has 2 heterocycles. The van der Waals surface area contributed by atoms with Gasteiger partial charge < -0.3 is 24.8 Å². The van der Waals surface area contributed by atoms with E-state index < -0.39 is 0 Å². The van der Waals surface area contributed by atoms with E-state index in [1.54, 1.807) is 7.11 Å². The van der Waals surface area contributed by atoms with E-state index in [1.165, 1.54) is 11.1 Å². The van der Waals surface area contributed by atoms with Crippen LogP contribution in [-0.4, -0.2) is 58.6 Å². The number of aliphatic imine (C=N–C) groups is 1. The van der Waals surface area contributed by atoms with Gasteiger partial charge in [0.05, 0.1) is 12.7 Å². The van der Waals surface area contributed by atoms with Gasteiger partial charge in [-0.05, 0) is 45.6 Å². The third-order valence-electron chi connectivity index (χ3n) is 6.12. The van der Waals surface area contributed by atoms with Gasteiger partial charge in [-0.15, -0.1) is 0 Å². The lowest BCUT2D eigenvalue weighted by atomic mass is 9.73. The first kappa shape index (κ1) is 20.9. The van der Waals surface area contributed by atoms with Crippen LogP contribution >= 0.6 is 0 Å². The third-order valence-corrected chi connectivity index (χ3v) is 6.12. The van der Waals surface area contributed by atoms with Crippen molar-refractivity contribution in [2.75, 3.05) is 47.1 Å². The molecule has 2 saturated heterocycles. The topological polar surface area (TPSA) is 64.1 Å². The number of ether oxygens (including phenoxy) is 3. The van der Waals surface area contributed by atoms with E-state index in [0.717, 1.165) is 70.3 Å². The number of guanidine groups is 1. The second-order valence-corrected chi connectivity index (χ2v) is 8.28. The third kappa shape index (κ3) is 4.78. The van der Waals surface area contributed by atoms with Crippen molar-refractivity contribution in [3.05, 3.63) is 29.3 Å². The lowest BCUT2D eigenvalue weighted by Gasteiger charge is -2.39. The van der Waals surface area contributed by atoms with E-state index in [2.05, 4.69) is 47.7 Å². The summed E-state index contributed by atoms with van der Waals surface area (Å²) in [5, 5.41) is 7.01. The van der Waals surface area contributed by atoms with Gasteiger partial charge in [0.25, 0.3) is 0 Å². The monoisotopic (exact) mass is 389 g/mol. The number of benzene rings is 1. The zero-order valence-electron chi connectivity index (χ0n) is 17.8. The number of rotatable bonds is 6. The lowest BCUT2D eigenvalue weighted by molar-refractivity contribution is 0.0242. The predicted molar refractivity (Wildman–Crippen MR) is 112 cm³/mol. The first-order chi connectivity index (χ1) is 13.5. The van der Waals surface area contributed by atoms with Crippen molar-refractivity contribution >= 4 is 5.96 Å². The highest BCUT2D eigenvalue weighted by Crippen LogP contribution is 2.40. The van der Waals surface area contributed by atoms with Gasteiger partial charge in [-0.2, -0.15) is 0 Å². The molecule has 6 nitrogen and oxygen atoms in total. The van der Waals surface area contributed by atoms with Crippen LogP contribution in [0.25, 0.3) is 0 Å². The summed E-state index contributed by atoms with van der Waals surface area (Å²) in [6, 6.07) is 6.44. The van der Waals surface area contributed by atoms with Crippen LogP contribution in [0.2, 0.25) is 0 Å². The predicted octanol–water partition coefficient (Wildman–Crippen LogP) is 2.79. The molecule has 0 aromatic heterocycles. The van der Waals surface area contributed by atoms with E-state index in [-0.39, 0.29) is 11.0 Å². The Morgan fingerprint density at radius 3 is 2.54 bits per heavy atom. The number of nitrogens with zero attached hydrogens (tertiary/aromatic N) is 1. The fourth-order valence-corrected chi connectivity index (χ4v) is 4.26. The quantitative estimate of drug-likeness (QED) is 0.579. The maximum Gasteiger partial charge on any atom is 0.191 e. The summed E-state index contributed by atoms with van der Waals surface area (Å²) in [4.78, 5) is 4.43. The van der Waals surface area contributed by atoms with Gasteiger partial charge in [-0.1, -0.05) is 17.7 Å². The van der Waals surface area contributed by atoms with E-state index in [0.29, 0.717) is 0 Å². The molecule has 1 aromatic rings. The Balaban J connectivity index is 1.73. The van der Waals surface area contributed by atoms with Crippen LogP contribution in [-0.2, 0) is 14.9 Å². The number of hydrogen-bond acceptors (Lipinski definition) is 4. The number of aryl methyl sites for hydroxylation is 1. The maximum absolute atomic E-state index is 5.88. The number of hydrogen-bond donors (Lipinski definition) is 2. The zero-order valence-corrected chi connectivity index (χ0v) is 17.8. The average molecular weight is 390 g/mol. The molecule has 2 fully saturated rings. The first-order valence-electron chi connectivity index (χ1n) is 10.3. The second-order valence-electron chi connectivity index (χ2n) is 8.28. The van der Waals surface area contributed by atoms with Crippen molar-refractivity contribution in [1.82, 2.24) is 10.6 Å². The molecule has 0 spiro atoms. The zero-order chi connectivity index (χ0) is 20.0. The Labute approximate surface area is 169 Å². The molecule has 3 rings (SSSR count). The molecule has 0 bridgehead atoms. The van der Waals surface area contributed by atoms with E-state index >= 15 is 0 Å². The standard InChI is InChI=1S/C22H35N3O3/c1-17-6-7-19(26-4)18(14-17)22(9-12-27-13-10-22)16-25-20(23-3)24-15-21(2)8-5-11-28-21/h6-7,14H,5,8-13,15-16H2,1-4H3,(H2,23,24,25). The minimum Gasteiger partial charge on any atom is -0.496 e. The minimum absolute atomic E-state index is 0.0407. The minimum atomic E-state index is -0.103. The largest absolute Gasteiger partial charge is 0.496 e. The summed E-state index contributed by atoms with van der Waals surface area (Å²) >= 11 is 0. The molecule has 0 saturated carbocycles. The van der Waals surface area contributed by atoms with Gasteiger partial charge in [0.15, 0.2) is 5.96 Å². The Morgan fingerprint density at radius 2 is 1.89 bits per heavy atom. The molecule has 2 N–H and O–H groups in total. The van der Waals surface area contributed by atoms with Crippen molar-refractivity contribution in [3.8, 4) is 5.75 Å². The van der Waals surface area contributed by atoms with Crippen LogP contribution in [0.4, 0.5) is 0 Å². The second kappa shape index (κ2) is 9.14. The van der Waals surface area contributed by atoms with Crippen LogP contribution < -0.4 is 15.4 Å². The Morgan fingerprint density at radius 1 is 1.14 bits per heavy atom. The summed E-state index contributed by atoms with van der Waals surface area (Å²) in [6.45, 7) is 8.21. The maximum atomic E-state index is 5.88. The Kier molecular flexibility index (Phi) is 6.83. The van der Waals surface area contributed by atoms with Crippen molar-refractivity contribution in [1.29, 1.82) is 0 Å². The Hall–Kier alpha value is -1.79. The lowest BCUT2D eigenvalue weighted by Crippen LogP contribution is -2.50. The van der Waals surface area contributed by atoms with Crippen LogP contribution in [0.1, 0.15) is 43.7 Å². The molecule has 1 atom stereocenters. The number of methoxy groups -OCH3 is 1. The molecule has 28 heavy (non-hydrogen) atoms. The normalized spacial score (nSPS) is 24.8. The van der Waals surface area contributed by atoms with Gasteiger partial charge in [0.1, 0.15) is 5.75 Å². The average Bonchev–Trinajstić information content (AvgIpc) is 3.15. The molecule has 1 unspecified atom stereocenters. The molecule has 2 aliphatic rings. The fraction of sp³-hybridized carbons (Fsp3) is 0.682. The van der Waals surface area contributed by atoms with Crippen molar-refractivity contribution in [3.63, 3.8) is 0 Å². The summed E-state index contributed by atoms with van der Waals surface area (Å²) < 4.78 is 17.3. The molecule has 0 radical (unpaired) electrons. The van der Waals surface area contributed by atoms with Gasteiger partial charge in [-0.25, -0.2) is 0 Å². The molecular weight excluding hydrogens is 354 g/mol. The SMILES string of the molecule is CN=C(NCC1(C)CCCO1)NCC1(c2cc(C)ccc2OC)CCOCC1. The van der Waals surface area contributed by atoms with Crippen LogP contribution in [0.3, 0.4) is 0 Å². The van der Waals surface area contributed by atoms with Crippen molar-refractivity contribution in [2.24, 2.45) is 4.99 Å². The molecule has 0 aliphatic carbocycles. The summed E-state index contributed by atoms with van der Waals surface area (Å²) in [6.07, 6.45) is 4.12. The van der Waals surface area contributed by atoms with Gasteiger partial charge in [-0.3, -0.25) is 4.99 Å². The summed E-state index contributed by atoms with van der Waals surface area (Å²) in [5.74, 6) is 1.76. The van der Waals surface area contributed by atoms with Crippen molar-refractivity contribution in [2.45, 2.75) is 50.5 Å². The van der Waals surface area contributed by atoms with Crippen molar-refractivity contribution < 1.29 is 14.2 Å². The van der Waals surface area contributed by atoms with Gasteiger partial charge in [0.2, 0.25) is 0 Å². The fourth-order valence-electron chi connectivity index (χ4n) is 4.26. The van der Waals surface area contributed by atoms with Gasteiger partial charge >= 0.3 is 0 Å². The van der Waals surface area contributed by atoms with Crippen LogP contribution in [0, 0.1) is 6.92 Å². The Bertz CT molecular complexity index is 678. The molecule has 2 aliphatic heterocycles. The van der Waals surface area contributed by atoms with Gasteiger partial charge in [0, 0.05) is 50.9 Å². The first-order valence-corrected chi connectivity index (χ1v) is 10.3. The molecular formula is C22H35N3O3. The van der Waals surface area contributed by atoms with Crippen LogP contribution in [0.15, 0.2) is 23.2 Å². The van der Waals surface area contributed by atoms with Crippen LogP contribution in [0.5, 0.6) is 5.75 Å². The highest BCUT2D eigenvalue weighted by atomic mass is 16.5. The summed E-state index contributed by atoms with van der Waals surface area (Å²) in [5.41, 5.74) is 2.36. The molecule has 6 heteroatoms. The van der Waals surface area contributed by atoms with E-state index in [1.807, 2.05) is 7.05 Å². The highest BCUT2D eigenvalue weighted by Gasteiger charge is 2.37. The smallest absolute Gasteiger partial charge is 0.191 e. The molecule has 0 amide bonds. The summed E-state index contributed by atoms with van der Waals surface area (Å²) in [7, 11) is 3.56. The van der Waals surface area contributed by atoms with E-state index in [4.69, 9.17) is 14.2 Å².